The van der Waals surface area contributed by atoms with Crippen LogP contribution < -0.4 is 20.1 Å². The molecule has 0 saturated heterocycles. The van der Waals surface area contributed by atoms with Crippen molar-refractivity contribution in [2.75, 3.05) is 21.7 Å². The molecule has 232 valence electrons. The fourth-order valence-electron chi connectivity index (χ4n) is 7.08. The first-order valence-electron chi connectivity index (χ1n) is 15.6. The van der Waals surface area contributed by atoms with Gasteiger partial charge in [-0.2, -0.15) is 24.3 Å². The molecular weight excluding hydrogens is 741 g/mol. The van der Waals surface area contributed by atoms with E-state index in [0.29, 0.717) is 0 Å². The molecule has 4 heterocycles. The predicted octanol–water partition coefficient (Wildman–Crippen LogP) is 7.75. The Morgan fingerprint density at radius 2 is 1.50 bits per heavy atom. The van der Waals surface area contributed by atoms with Gasteiger partial charge in [0.05, 0.1) is 0 Å². The number of hydrogen-bond acceptors (Lipinski definition) is 4. The van der Waals surface area contributed by atoms with Crippen molar-refractivity contribution in [1.82, 2.24) is 9.46 Å². The van der Waals surface area contributed by atoms with E-state index in [4.69, 9.17) is 0 Å². The Morgan fingerprint density at radius 3 is 2.24 bits per heavy atom. The average Bonchev–Trinajstić information content (AvgIpc) is 3.72. The van der Waals surface area contributed by atoms with Crippen LogP contribution in [0.4, 0.5) is 17.1 Å². The number of imidazole rings is 1. The van der Waals surface area contributed by atoms with Gasteiger partial charge in [-0.05, 0) is 50.1 Å². The van der Waals surface area contributed by atoms with Crippen molar-refractivity contribution in [3.8, 4) is 11.4 Å². The monoisotopic (exact) mass is 781 g/mol. The number of nitrogens with zero attached hydrogens (tertiary/aromatic N) is 5. The summed E-state index contributed by atoms with van der Waals surface area (Å²) in [6.45, 7) is 16.0. The third-order valence-electron chi connectivity index (χ3n) is 10.3. The van der Waals surface area contributed by atoms with Gasteiger partial charge < -0.3 is 19.1 Å². The van der Waals surface area contributed by atoms with Gasteiger partial charge in [0.1, 0.15) is 0 Å². The molecule has 0 aliphatic carbocycles. The second-order valence-corrected chi connectivity index (χ2v) is 13.3. The molecule has 46 heavy (non-hydrogen) atoms. The molecule has 0 amide bonds. The Labute approximate surface area is 288 Å². The molecule has 3 aliphatic rings. The van der Waals surface area contributed by atoms with Crippen LogP contribution in [-0.2, 0) is 25.5 Å². The van der Waals surface area contributed by atoms with E-state index in [2.05, 4.69) is 171 Å². The molecule has 0 N–H and O–H groups in total. The Bertz CT molecular complexity index is 1890. The topological polar surface area (TPSA) is 27.5 Å². The van der Waals surface area contributed by atoms with Crippen molar-refractivity contribution >= 4 is 29.5 Å². The number of benzene rings is 4. The van der Waals surface area contributed by atoms with Crippen LogP contribution in [0.3, 0.4) is 0 Å². The Balaban J connectivity index is 0.000000158. The molecule has 5 nitrogen and oxygen atoms in total. The number of aryl methyl sites for hydroxylation is 2. The molecule has 4 aromatic carbocycles. The maximum atomic E-state index is 4.57. The number of anilines is 3. The number of para-hydroxylation sites is 2. The first-order valence-corrected chi connectivity index (χ1v) is 15.6. The van der Waals surface area contributed by atoms with Crippen molar-refractivity contribution in [2.24, 2.45) is 5.41 Å². The number of hydrogen-bond donors (Lipinski definition) is 0. The summed E-state index contributed by atoms with van der Waals surface area (Å²) in [6, 6.07) is 36.2. The summed E-state index contributed by atoms with van der Waals surface area (Å²) >= 11 is 0. The second-order valence-electron chi connectivity index (χ2n) is 13.3. The summed E-state index contributed by atoms with van der Waals surface area (Å²) in [4.78, 5) is 11.4. The van der Waals surface area contributed by atoms with Gasteiger partial charge in [0.25, 0.3) is 0 Å². The van der Waals surface area contributed by atoms with Crippen LogP contribution >= 0.6 is 0 Å². The second kappa shape index (κ2) is 11.9. The van der Waals surface area contributed by atoms with Gasteiger partial charge in [0.15, 0.2) is 0 Å². The van der Waals surface area contributed by atoms with E-state index >= 15 is 0 Å². The fourth-order valence-corrected chi connectivity index (χ4v) is 7.08. The van der Waals surface area contributed by atoms with Gasteiger partial charge in [-0.1, -0.05) is 86.5 Å². The van der Waals surface area contributed by atoms with Crippen molar-refractivity contribution in [2.45, 2.75) is 47.0 Å². The summed E-state index contributed by atoms with van der Waals surface area (Å²) in [5.74, 6) is 0.987. The minimum absolute atomic E-state index is 0. The molecule has 0 atom stereocenters. The normalized spacial score (nSPS) is 16.6. The van der Waals surface area contributed by atoms with Crippen LogP contribution in [0.5, 0.6) is 0 Å². The van der Waals surface area contributed by atoms with Crippen LogP contribution in [0.1, 0.15) is 44.4 Å². The zero-order valence-electron chi connectivity index (χ0n) is 27.5. The average molecular weight is 781 g/mol. The standard InChI is InChI=1S/C21H22N2.C18H17BN3.Ir/c1-20(2)17-12-8-9-13-18(17)23-15-22(14-19(23)21(20,3)4)16-10-6-5-7-11-16;1-13-7-6-8-14(2)17(13)19-21(3)16-10-5-4-9-15(16)18-20-11-12-22(18)19;/h5-12,14-15H,1-4H3;4-8,10-12H,1-3H3;/q-2;-1;+3. The Hall–Kier alpha value is -4.06. The van der Waals surface area contributed by atoms with Crippen LogP contribution in [0, 0.1) is 38.1 Å². The SMILES string of the molecule is CC1(C)C2=CN(c3ccccc3)[CH-]N2c2[c-]cccc2C1(C)C.Cc1cccc(C)c1B1N(C)c2ccc[c-]c2-c2nccn21.[Ir+3]. The van der Waals surface area contributed by atoms with E-state index in [9.17, 15) is 0 Å². The molecular formula is C39H39BIrN5. The number of allylic oxidation sites excluding steroid dienone is 1. The van der Waals surface area contributed by atoms with Crippen molar-refractivity contribution < 1.29 is 20.1 Å². The fraction of sp³-hybridized carbons (Fsp3) is 0.231. The molecule has 0 fully saturated rings. The summed E-state index contributed by atoms with van der Waals surface area (Å²) in [6.07, 6.45) is 6.20. The molecule has 7 heteroatoms. The van der Waals surface area contributed by atoms with Gasteiger partial charge in [-0.25, -0.2) is 0 Å². The van der Waals surface area contributed by atoms with Crippen LogP contribution in [0.2, 0.25) is 0 Å². The van der Waals surface area contributed by atoms with E-state index in [0.717, 1.165) is 11.4 Å². The van der Waals surface area contributed by atoms with Gasteiger partial charge in [-0.15, -0.1) is 42.2 Å². The van der Waals surface area contributed by atoms with E-state index < -0.39 is 0 Å². The van der Waals surface area contributed by atoms with Crippen LogP contribution in [-0.4, -0.2) is 23.5 Å². The third kappa shape index (κ3) is 4.92. The predicted molar refractivity (Wildman–Crippen MR) is 187 cm³/mol. The quantitative estimate of drug-likeness (QED) is 0.135. The maximum absolute atomic E-state index is 4.57. The van der Waals surface area contributed by atoms with Crippen LogP contribution in [0.25, 0.3) is 11.4 Å². The zero-order valence-corrected chi connectivity index (χ0v) is 29.9. The number of fused-ring (bicyclic) bond motifs is 6. The van der Waals surface area contributed by atoms with Crippen molar-refractivity contribution in [3.05, 3.63) is 145 Å². The van der Waals surface area contributed by atoms with E-state index in [-0.39, 0.29) is 37.9 Å². The minimum atomic E-state index is 0. The van der Waals surface area contributed by atoms with Crippen molar-refractivity contribution in [1.29, 1.82) is 0 Å². The molecule has 0 saturated carbocycles. The summed E-state index contributed by atoms with van der Waals surface area (Å²) in [7, 11) is 2.14. The first-order chi connectivity index (χ1) is 21.6. The van der Waals surface area contributed by atoms with E-state index in [1.165, 1.54) is 44.9 Å². The molecule has 1 aromatic heterocycles. The van der Waals surface area contributed by atoms with Gasteiger partial charge >= 0.3 is 27.1 Å². The van der Waals surface area contributed by atoms with Gasteiger partial charge in [0.2, 0.25) is 0 Å². The molecule has 0 bridgehead atoms. The summed E-state index contributed by atoms with van der Waals surface area (Å²) in [5, 5.41) is 0. The number of aromatic nitrogens is 2. The number of rotatable bonds is 2. The molecule has 0 spiro atoms. The van der Waals surface area contributed by atoms with Gasteiger partial charge in [-0.3, -0.25) is 4.98 Å². The van der Waals surface area contributed by atoms with Crippen molar-refractivity contribution in [3.63, 3.8) is 0 Å². The smallest absolute Gasteiger partial charge is 0.497 e. The molecule has 5 aromatic rings. The Morgan fingerprint density at radius 1 is 0.804 bits per heavy atom. The largest absolute Gasteiger partial charge is 3.00 e. The molecule has 8 rings (SSSR count). The van der Waals surface area contributed by atoms with Crippen LogP contribution in [0.15, 0.2) is 109 Å². The maximum Gasteiger partial charge on any atom is 3.00 e. The van der Waals surface area contributed by atoms with E-state index in [1.54, 1.807) is 0 Å². The third-order valence-corrected chi connectivity index (χ3v) is 10.3. The molecule has 3 aliphatic heterocycles. The van der Waals surface area contributed by atoms with E-state index in [1.807, 2.05) is 24.4 Å². The Kier molecular flexibility index (Phi) is 8.29. The summed E-state index contributed by atoms with van der Waals surface area (Å²) < 4.78 is 2.24. The zero-order chi connectivity index (χ0) is 31.5. The van der Waals surface area contributed by atoms with Gasteiger partial charge in [0, 0.05) is 35.0 Å². The molecule has 0 unspecified atom stereocenters. The minimum Gasteiger partial charge on any atom is -0.497 e. The molecule has 0 radical (unpaired) electrons. The first kappa shape index (κ1) is 31.9. The summed E-state index contributed by atoms with van der Waals surface area (Å²) in [5.41, 5.74) is 11.3.